The first kappa shape index (κ1) is 20.6. The molecule has 1 aromatic carbocycles. The summed E-state index contributed by atoms with van der Waals surface area (Å²) in [5.41, 5.74) is 2.45. The first-order valence-electron chi connectivity index (χ1n) is 9.86. The lowest BCUT2D eigenvalue weighted by Gasteiger charge is -2.32. The van der Waals surface area contributed by atoms with Gasteiger partial charge in [-0.2, -0.15) is 4.31 Å². The van der Waals surface area contributed by atoms with E-state index in [2.05, 4.69) is 21.7 Å². The van der Waals surface area contributed by atoms with Crippen LogP contribution >= 0.6 is 0 Å². The summed E-state index contributed by atoms with van der Waals surface area (Å²) in [7, 11) is -3.14. The van der Waals surface area contributed by atoms with E-state index < -0.39 is 10.0 Å². The van der Waals surface area contributed by atoms with Gasteiger partial charge in [0.1, 0.15) is 5.82 Å². The summed E-state index contributed by atoms with van der Waals surface area (Å²) in [5.74, 6) is 0.871. The Morgan fingerprint density at radius 2 is 1.97 bits per heavy atom. The fourth-order valence-electron chi connectivity index (χ4n) is 3.75. The fraction of sp³-hybridized carbons (Fsp3) is 0.400. The standard InChI is InChI=1S/C20H25N5O4S/c1-3-25-17-7-6-15(21-20(26)18-5-4-12-29-18)13-16(17)22-19(25)14-23-8-10-24(11-9-23)30(2,27)28/h4-7,12-13H,3,8-11,14H2,1-2H3,(H,21,26). The predicted octanol–water partition coefficient (Wildman–Crippen LogP) is 1.98. The van der Waals surface area contributed by atoms with Crippen LogP contribution in [0.15, 0.2) is 41.0 Å². The second kappa shape index (κ2) is 8.21. The number of fused-ring (bicyclic) bond motifs is 1. The number of carbonyl (C=O) groups is 1. The van der Waals surface area contributed by atoms with Crippen molar-refractivity contribution in [3.8, 4) is 0 Å². The van der Waals surface area contributed by atoms with Gasteiger partial charge in [0.2, 0.25) is 10.0 Å². The number of nitrogens with one attached hydrogen (secondary N) is 1. The third-order valence-corrected chi connectivity index (χ3v) is 6.61. The predicted molar refractivity (Wildman–Crippen MR) is 114 cm³/mol. The Kier molecular flexibility index (Phi) is 5.63. The summed E-state index contributed by atoms with van der Waals surface area (Å²) in [5, 5.41) is 2.83. The van der Waals surface area contributed by atoms with Crippen LogP contribution in [-0.4, -0.2) is 65.5 Å². The minimum Gasteiger partial charge on any atom is -0.459 e. The van der Waals surface area contributed by atoms with Crippen molar-refractivity contribution >= 4 is 32.7 Å². The Hall–Kier alpha value is -2.69. The normalized spacial score (nSPS) is 16.2. The van der Waals surface area contributed by atoms with Crippen LogP contribution < -0.4 is 5.32 Å². The minimum absolute atomic E-state index is 0.253. The molecule has 10 heteroatoms. The van der Waals surface area contributed by atoms with Crippen LogP contribution in [0.3, 0.4) is 0 Å². The number of nitrogens with zero attached hydrogens (tertiary/aromatic N) is 4. The van der Waals surface area contributed by atoms with E-state index in [1.807, 2.05) is 18.2 Å². The molecule has 1 aliphatic heterocycles. The monoisotopic (exact) mass is 431 g/mol. The van der Waals surface area contributed by atoms with Gasteiger partial charge in [-0.05, 0) is 37.3 Å². The van der Waals surface area contributed by atoms with Gasteiger partial charge < -0.3 is 14.3 Å². The van der Waals surface area contributed by atoms with Crippen LogP contribution in [0.5, 0.6) is 0 Å². The number of aryl methyl sites for hydroxylation is 1. The number of imidazole rings is 1. The van der Waals surface area contributed by atoms with Gasteiger partial charge in [0.15, 0.2) is 5.76 Å². The van der Waals surface area contributed by atoms with Gasteiger partial charge in [0.05, 0.1) is 30.1 Å². The van der Waals surface area contributed by atoms with Crippen molar-refractivity contribution in [1.82, 2.24) is 18.8 Å². The maximum Gasteiger partial charge on any atom is 0.291 e. The van der Waals surface area contributed by atoms with Crippen molar-refractivity contribution in [3.05, 3.63) is 48.2 Å². The van der Waals surface area contributed by atoms with Crippen molar-refractivity contribution in [2.75, 3.05) is 37.8 Å². The van der Waals surface area contributed by atoms with Gasteiger partial charge in [0.25, 0.3) is 5.91 Å². The summed E-state index contributed by atoms with van der Waals surface area (Å²) in [4.78, 5) is 19.2. The molecule has 0 saturated carbocycles. The molecule has 0 spiro atoms. The number of benzene rings is 1. The average Bonchev–Trinajstić information content (AvgIpc) is 3.35. The number of amides is 1. The molecule has 3 aromatic rings. The van der Waals surface area contributed by atoms with Gasteiger partial charge >= 0.3 is 0 Å². The molecule has 30 heavy (non-hydrogen) atoms. The fourth-order valence-corrected chi connectivity index (χ4v) is 4.58. The Balaban J connectivity index is 1.50. The number of hydrogen-bond donors (Lipinski definition) is 1. The Morgan fingerprint density at radius 1 is 1.20 bits per heavy atom. The van der Waals surface area contributed by atoms with Crippen molar-refractivity contribution in [1.29, 1.82) is 0 Å². The highest BCUT2D eigenvalue weighted by molar-refractivity contribution is 7.88. The molecule has 0 radical (unpaired) electrons. The molecule has 160 valence electrons. The van der Waals surface area contributed by atoms with E-state index in [9.17, 15) is 13.2 Å². The molecule has 1 N–H and O–H groups in total. The molecule has 1 saturated heterocycles. The molecule has 1 amide bonds. The first-order chi connectivity index (χ1) is 14.3. The van der Waals surface area contributed by atoms with E-state index in [-0.39, 0.29) is 11.7 Å². The van der Waals surface area contributed by atoms with Crippen LogP contribution in [0, 0.1) is 0 Å². The third kappa shape index (κ3) is 4.25. The van der Waals surface area contributed by atoms with Gasteiger partial charge in [-0.3, -0.25) is 9.69 Å². The average molecular weight is 432 g/mol. The van der Waals surface area contributed by atoms with E-state index >= 15 is 0 Å². The summed E-state index contributed by atoms with van der Waals surface area (Å²) in [6.45, 7) is 5.82. The van der Waals surface area contributed by atoms with Crippen molar-refractivity contribution in [2.45, 2.75) is 20.0 Å². The Labute approximate surface area is 175 Å². The second-order valence-electron chi connectivity index (χ2n) is 7.35. The van der Waals surface area contributed by atoms with Crippen molar-refractivity contribution in [2.24, 2.45) is 0 Å². The zero-order chi connectivity index (χ0) is 21.3. The number of carbonyl (C=O) groups excluding carboxylic acids is 1. The maximum absolute atomic E-state index is 12.2. The highest BCUT2D eigenvalue weighted by atomic mass is 32.2. The number of anilines is 1. The molecule has 0 atom stereocenters. The van der Waals surface area contributed by atoms with E-state index in [0.29, 0.717) is 38.4 Å². The summed E-state index contributed by atoms with van der Waals surface area (Å²) < 4.78 is 32.2. The highest BCUT2D eigenvalue weighted by Crippen LogP contribution is 2.22. The summed E-state index contributed by atoms with van der Waals surface area (Å²) in [6, 6.07) is 8.94. The minimum atomic E-state index is -3.14. The maximum atomic E-state index is 12.2. The molecule has 0 aliphatic carbocycles. The van der Waals surface area contributed by atoms with Gasteiger partial charge in [0, 0.05) is 38.4 Å². The molecular formula is C20H25N5O4S. The lowest BCUT2D eigenvalue weighted by atomic mass is 10.2. The summed E-state index contributed by atoms with van der Waals surface area (Å²) in [6.07, 6.45) is 2.71. The number of hydrogen-bond acceptors (Lipinski definition) is 6. The lowest BCUT2D eigenvalue weighted by molar-refractivity contribution is 0.0996. The molecular weight excluding hydrogens is 406 g/mol. The Bertz CT molecular complexity index is 1150. The summed E-state index contributed by atoms with van der Waals surface area (Å²) >= 11 is 0. The molecule has 4 rings (SSSR count). The van der Waals surface area contributed by atoms with Gasteiger partial charge in [-0.25, -0.2) is 13.4 Å². The molecule has 2 aromatic heterocycles. The van der Waals surface area contributed by atoms with Crippen molar-refractivity contribution in [3.63, 3.8) is 0 Å². The van der Waals surface area contributed by atoms with E-state index in [0.717, 1.165) is 23.4 Å². The molecule has 1 aliphatic rings. The lowest BCUT2D eigenvalue weighted by Crippen LogP contribution is -2.48. The van der Waals surface area contributed by atoms with Gasteiger partial charge in [-0.15, -0.1) is 0 Å². The van der Waals surface area contributed by atoms with E-state index in [1.54, 1.807) is 12.1 Å². The quantitative estimate of drug-likeness (QED) is 0.641. The molecule has 3 heterocycles. The number of furan rings is 1. The molecule has 1 fully saturated rings. The van der Waals surface area contributed by atoms with Crippen molar-refractivity contribution < 1.29 is 17.6 Å². The number of aromatic nitrogens is 2. The van der Waals surface area contributed by atoms with Crippen LogP contribution in [-0.2, 0) is 23.1 Å². The second-order valence-corrected chi connectivity index (χ2v) is 9.33. The van der Waals surface area contributed by atoms with Crippen LogP contribution in [0.1, 0.15) is 23.3 Å². The topological polar surface area (TPSA) is 101 Å². The zero-order valence-corrected chi connectivity index (χ0v) is 17.9. The van der Waals surface area contributed by atoms with E-state index in [1.165, 1.54) is 16.8 Å². The van der Waals surface area contributed by atoms with Crippen LogP contribution in [0.2, 0.25) is 0 Å². The SMILES string of the molecule is CCn1c(CN2CCN(S(C)(=O)=O)CC2)nc2cc(NC(=O)c3ccco3)ccc21. The zero-order valence-electron chi connectivity index (χ0n) is 17.0. The van der Waals surface area contributed by atoms with Crippen LogP contribution in [0.25, 0.3) is 11.0 Å². The van der Waals surface area contributed by atoms with E-state index in [4.69, 9.17) is 9.40 Å². The van der Waals surface area contributed by atoms with Crippen LogP contribution in [0.4, 0.5) is 5.69 Å². The number of rotatable bonds is 6. The largest absolute Gasteiger partial charge is 0.459 e. The van der Waals surface area contributed by atoms with Gasteiger partial charge in [-0.1, -0.05) is 0 Å². The molecule has 0 bridgehead atoms. The number of sulfonamides is 1. The molecule has 0 unspecified atom stereocenters. The Morgan fingerprint density at radius 3 is 2.60 bits per heavy atom. The first-order valence-corrected chi connectivity index (χ1v) is 11.7. The number of piperazine rings is 1. The molecule has 9 nitrogen and oxygen atoms in total. The smallest absolute Gasteiger partial charge is 0.291 e. The highest BCUT2D eigenvalue weighted by Gasteiger charge is 2.24. The third-order valence-electron chi connectivity index (χ3n) is 5.31.